The molecule has 2 aromatic heterocycles. The zero-order valence-corrected chi connectivity index (χ0v) is 19.2. The summed E-state index contributed by atoms with van der Waals surface area (Å²) in [6.07, 6.45) is 9.87. The van der Waals surface area contributed by atoms with Crippen LogP contribution in [0.25, 0.3) is 10.9 Å². The van der Waals surface area contributed by atoms with Crippen LogP contribution in [0.5, 0.6) is 0 Å². The number of aromatic nitrogens is 4. The number of anilines is 3. The maximum Gasteiger partial charge on any atom is 0.306 e. The molecule has 5 rings (SSSR count). The average molecular weight is 463 g/mol. The molecule has 9 heteroatoms. The van der Waals surface area contributed by atoms with E-state index in [4.69, 9.17) is 9.97 Å². The van der Waals surface area contributed by atoms with Crippen molar-refractivity contribution in [1.82, 2.24) is 20.2 Å². The van der Waals surface area contributed by atoms with Gasteiger partial charge >= 0.3 is 5.97 Å². The second kappa shape index (κ2) is 9.79. The van der Waals surface area contributed by atoms with Gasteiger partial charge in [-0.15, -0.1) is 0 Å². The van der Waals surface area contributed by atoms with Crippen molar-refractivity contribution in [2.24, 2.45) is 5.92 Å². The summed E-state index contributed by atoms with van der Waals surface area (Å²) in [6.45, 7) is 1.46. The van der Waals surface area contributed by atoms with E-state index in [-0.39, 0.29) is 11.5 Å². The van der Waals surface area contributed by atoms with Gasteiger partial charge < -0.3 is 15.3 Å². The number of benzene rings is 1. The highest BCUT2D eigenvalue weighted by Crippen LogP contribution is 2.32. The molecule has 0 amide bonds. The number of nitrogens with zero attached hydrogens (tertiary/aromatic N) is 4. The van der Waals surface area contributed by atoms with E-state index in [2.05, 4.69) is 20.4 Å². The van der Waals surface area contributed by atoms with E-state index in [1.165, 1.54) is 25.7 Å². The Balaban J connectivity index is 1.39. The van der Waals surface area contributed by atoms with E-state index in [0.717, 1.165) is 43.1 Å². The van der Waals surface area contributed by atoms with Gasteiger partial charge in [0.15, 0.2) is 0 Å². The first-order chi connectivity index (χ1) is 16.6. The predicted octanol–water partition coefficient (Wildman–Crippen LogP) is 4.20. The Morgan fingerprint density at radius 3 is 2.38 bits per heavy atom. The lowest BCUT2D eigenvalue weighted by Crippen LogP contribution is -2.36. The summed E-state index contributed by atoms with van der Waals surface area (Å²) < 4.78 is 0. The number of rotatable bonds is 5. The van der Waals surface area contributed by atoms with Gasteiger partial charge in [-0.2, -0.15) is 5.10 Å². The summed E-state index contributed by atoms with van der Waals surface area (Å²) in [5, 5.41) is 19.4. The number of aromatic amines is 1. The van der Waals surface area contributed by atoms with Crippen LogP contribution in [0, 0.1) is 5.92 Å². The zero-order valence-electron chi connectivity index (χ0n) is 19.2. The molecule has 3 N–H and O–H groups in total. The Kier molecular flexibility index (Phi) is 6.42. The molecule has 1 aliphatic carbocycles. The molecule has 0 unspecified atom stereocenters. The fraction of sp³-hybridized carbons (Fsp3) is 0.480. The number of H-pyrrole nitrogens is 1. The van der Waals surface area contributed by atoms with Gasteiger partial charge in [0.25, 0.3) is 5.56 Å². The number of piperidine rings is 1. The van der Waals surface area contributed by atoms with Crippen LogP contribution in [0.2, 0.25) is 0 Å². The van der Waals surface area contributed by atoms with Crippen molar-refractivity contribution in [2.45, 2.75) is 57.3 Å². The molecule has 2 aliphatic rings. The number of carboxylic acids is 1. The normalized spacial score (nSPS) is 18.1. The third kappa shape index (κ3) is 4.73. The van der Waals surface area contributed by atoms with E-state index in [9.17, 15) is 14.7 Å². The predicted molar refractivity (Wildman–Crippen MR) is 131 cm³/mol. The fourth-order valence-corrected chi connectivity index (χ4v) is 5.11. The minimum Gasteiger partial charge on any atom is -0.481 e. The van der Waals surface area contributed by atoms with Gasteiger partial charge in [-0.25, -0.2) is 15.1 Å². The Morgan fingerprint density at radius 2 is 1.71 bits per heavy atom. The Morgan fingerprint density at radius 1 is 1.00 bits per heavy atom. The molecule has 1 aliphatic heterocycles. The molecule has 0 spiro atoms. The molecule has 1 aromatic carbocycles. The zero-order chi connectivity index (χ0) is 23.5. The molecule has 0 atom stereocenters. The van der Waals surface area contributed by atoms with Crippen molar-refractivity contribution in [3.63, 3.8) is 0 Å². The molecule has 3 heterocycles. The van der Waals surface area contributed by atoms with Crippen molar-refractivity contribution in [3.05, 3.63) is 46.6 Å². The maximum absolute atomic E-state index is 12.6. The highest BCUT2D eigenvalue weighted by molar-refractivity contribution is 5.89. The van der Waals surface area contributed by atoms with Gasteiger partial charge in [-0.1, -0.05) is 25.7 Å². The van der Waals surface area contributed by atoms with Crippen molar-refractivity contribution in [2.75, 3.05) is 23.3 Å². The number of hydrogen-bond donors (Lipinski definition) is 3. The van der Waals surface area contributed by atoms with Gasteiger partial charge in [0.2, 0.25) is 0 Å². The summed E-state index contributed by atoms with van der Waals surface area (Å²) in [7, 11) is 0. The van der Waals surface area contributed by atoms with Gasteiger partial charge in [-0.05, 0) is 49.9 Å². The van der Waals surface area contributed by atoms with Gasteiger partial charge in [0.05, 0.1) is 12.1 Å². The molecule has 34 heavy (non-hydrogen) atoms. The summed E-state index contributed by atoms with van der Waals surface area (Å²) in [5.41, 5.74) is 2.12. The highest BCUT2D eigenvalue weighted by atomic mass is 16.4. The molecular weight excluding hydrogens is 432 g/mol. The van der Waals surface area contributed by atoms with E-state index >= 15 is 0 Å². The van der Waals surface area contributed by atoms with Crippen LogP contribution in [-0.4, -0.2) is 44.3 Å². The van der Waals surface area contributed by atoms with Gasteiger partial charge in [0.1, 0.15) is 22.5 Å². The Labute approximate surface area is 197 Å². The summed E-state index contributed by atoms with van der Waals surface area (Å²) in [4.78, 5) is 35.5. The third-order valence-corrected chi connectivity index (χ3v) is 7.09. The first kappa shape index (κ1) is 22.3. The van der Waals surface area contributed by atoms with E-state index in [0.29, 0.717) is 35.5 Å². The molecule has 1 saturated heterocycles. The number of fused-ring (bicyclic) bond motifs is 1. The van der Waals surface area contributed by atoms with Gasteiger partial charge in [-0.3, -0.25) is 9.59 Å². The van der Waals surface area contributed by atoms with E-state index in [1.807, 2.05) is 24.3 Å². The second-order valence-electron chi connectivity index (χ2n) is 9.35. The van der Waals surface area contributed by atoms with Crippen LogP contribution in [0.15, 0.2) is 35.3 Å². The standard InChI is InChI=1S/C25H30N6O3/c32-24-21-20(15-26-30-24)28-22(16-5-3-1-2-4-6-16)29-23(21)27-18-7-9-19(10-8-18)31-13-11-17(12-14-31)25(33)34/h7-10,15-17H,1-6,11-14H2,(H,30,32)(H,33,34)(H,27,28,29). The lowest BCUT2D eigenvalue weighted by atomic mass is 9.97. The SMILES string of the molecule is O=C(O)C1CCN(c2ccc(Nc3nc(C4CCCCCC4)nc4cn[nH]c(=O)c34)cc2)CC1. The van der Waals surface area contributed by atoms with E-state index < -0.39 is 5.97 Å². The lowest BCUT2D eigenvalue weighted by Gasteiger charge is -2.32. The monoisotopic (exact) mass is 462 g/mol. The molecule has 0 radical (unpaired) electrons. The minimum absolute atomic E-state index is 0.251. The molecular formula is C25H30N6O3. The minimum atomic E-state index is -0.704. The number of aliphatic carboxylic acids is 1. The van der Waals surface area contributed by atoms with E-state index in [1.54, 1.807) is 6.20 Å². The van der Waals surface area contributed by atoms with Crippen molar-refractivity contribution in [3.8, 4) is 0 Å². The molecule has 3 aromatic rings. The quantitative estimate of drug-likeness (QED) is 0.482. The Hall–Kier alpha value is -3.49. The fourth-order valence-electron chi connectivity index (χ4n) is 5.11. The number of hydrogen-bond acceptors (Lipinski definition) is 7. The molecule has 1 saturated carbocycles. The van der Waals surface area contributed by atoms with Crippen LogP contribution in [0.3, 0.4) is 0 Å². The van der Waals surface area contributed by atoms with Crippen LogP contribution in [0.4, 0.5) is 17.2 Å². The van der Waals surface area contributed by atoms with Crippen LogP contribution in [0.1, 0.15) is 63.1 Å². The molecule has 178 valence electrons. The lowest BCUT2D eigenvalue weighted by molar-refractivity contribution is -0.142. The summed E-state index contributed by atoms with van der Waals surface area (Å²) in [6, 6.07) is 7.97. The molecule has 2 fully saturated rings. The molecule has 0 bridgehead atoms. The van der Waals surface area contributed by atoms with Crippen molar-refractivity contribution >= 4 is 34.1 Å². The van der Waals surface area contributed by atoms with Gasteiger partial charge in [0, 0.05) is 30.4 Å². The first-order valence-electron chi connectivity index (χ1n) is 12.2. The summed E-state index contributed by atoms with van der Waals surface area (Å²) >= 11 is 0. The average Bonchev–Trinajstić information content (AvgIpc) is 3.14. The Bertz CT molecular complexity index is 1210. The van der Waals surface area contributed by atoms with Crippen LogP contribution in [-0.2, 0) is 4.79 Å². The van der Waals surface area contributed by atoms with Crippen LogP contribution < -0.4 is 15.8 Å². The maximum atomic E-state index is 12.6. The number of nitrogens with one attached hydrogen (secondary N) is 2. The van der Waals surface area contributed by atoms with Crippen molar-refractivity contribution < 1.29 is 9.90 Å². The second-order valence-corrected chi connectivity index (χ2v) is 9.35. The largest absolute Gasteiger partial charge is 0.481 e. The smallest absolute Gasteiger partial charge is 0.306 e. The third-order valence-electron chi connectivity index (χ3n) is 7.09. The van der Waals surface area contributed by atoms with Crippen molar-refractivity contribution in [1.29, 1.82) is 0 Å². The topological polar surface area (TPSA) is 124 Å². The van der Waals surface area contributed by atoms with Crippen LogP contribution >= 0.6 is 0 Å². The summed E-state index contributed by atoms with van der Waals surface area (Å²) in [5.74, 6) is 0.621. The number of carboxylic acid groups (broad SMARTS) is 1. The first-order valence-corrected chi connectivity index (χ1v) is 12.2. The number of carbonyl (C=O) groups is 1. The molecule has 9 nitrogen and oxygen atoms in total. The highest BCUT2D eigenvalue weighted by Gasteiger charge is 2.25.